The van der Waals surface area contributed by atoms with Gasteiger partial charge in [0.25, 0.3) is 0 Å². The van der Waals surface area contributed by atoms with Gasteiger partial charge in [-0.15, -0.1) is 0 Å². The highest BCUT2D eigenvalue weighted by Crippen LogP contribution is 2.23. The molecule has 4 nitrogen and oxygen atoms in total. The summed E-state index contributed by atoms with van der Waals surface area (Å²) in [4.78, 5) is 18.6. The predicted molar refractivity (Wildman–Crippen MR) is 38.9 cm³/mol. The maximum atomic E-state index is 11.3. The van der Waals surface area contributed by atoms with Gasteiger partial charge in [-0.1, -0.05) is 0 Å². The average Bonchev–Trinajstić information content (AvgIpc) is 2.41. The van der Waals surface area contributed by atoms with Crippen molar-refractivity contribution >= 4 is 5.78 Å². The Kier molecular flexibility index (Phi) is 1.49. The Morgan fingerprint density at radius 3 is 2.91 bits per heavy atom. The zero-order chi connectivity index (χ0) is 8.01. The van der Waals surface area contributed by atoms with E-state index < -0.39 is 0 Å². The van der Waals surface area contributed by atoms with Crippen molar-refractivity contribution in [3.05, 3.63) is 0 Å². The highest BCUT2D eigenvalue weighted by Gasteiger charge is 2.46. The van der Waals surface area contributed by atoms with Crippen LogP contribution in [0.2, 0.25) is 0 Å². The zero-order valence-corrected chi connectivity index (χ0v) is 6.78. The number of carbonyl (C=O) groups excluding carboxylic acids is 1. The second-order valence-corrected chi connectivity index (χ2v) is 3.24. The number of hydroxylamine groups is 2. The van der Waals surface area contributed by atoms with Gasteiger partial charge in [0.15, 0.2) is 5.78 Å². The molecule has 2 aliphatic rings. The molecule has 2 atom stereocenters. The van der Waals surface area contributed by atoms with Crippen molar-refractivity contribution in [3.8, 4) is 0 Å². The first-order valence-corrected chi connectivity index (χ1v) is 3.79. The summed E-state index contributed by atoms with van der Waals surface area (Å²) in [6.07, 6.45) is 0. The van der Waals surface area contributed by atoms with Gasteiger partial charge < -0.3 is 0 Å². The quantitative estimate of drug-likeness (QED) is 0.456. The van der Waals surface area contributed by atoms with Gasteiger partial charge in [-0.25, -0.2) is 0 Å². The molecule has 0 N–H and O–H groups in total. The van der Waals surface area contributed by atoms with Crippen molar-refractivity contribution in [1.82, 2.24) is 9.96 Å². The van der Waals surface area contributed by atoms with Crippen LogP contribution in [0, 0.1) is 0 Å². The van der Waals surface area contributed by atoms with E-state index in [0.29, 0.717) is 13.2 Å². The molecule has 0 amide bonds. The Balaban J connectivity index is 2.22. The Hall–Kier alpha value is -0.450. The lowest BCUT2D eigenvalue weighted by Crippen LogP contribution is -2.36. The second-order valence-electron chi connectivity index (χ2n) is 3.24. The number of fused-ring (bicyclic) bond motifs is 1. The number of likely N-dealkylation sites (N-methyl/N-ethyl adjacent to an activating group) is 2. The predicted octanol–water partition coefficient (Wildman–Crippen LogP) is -0.885. The smallest absolute Gasteiger partial charge is 0.167 e. The fourth-order valence-corrected chi connectivity index (χ4v) is 1.85. The number of ketones is 1. The van der Waals surface area contributed by atoms with Crippen LogP contribution in [0.1, 0.15) is 0 Å². The average molecular weight is 156 g/mol. The fraction of sp³-hybridized carbons (Fsp3) is 0.857. The van der Waals surface area contributed by atoms with Crippen molar-refractivity contribution in [3.63, 3.8) is 0 Å². The number of rotatable bonds is 0. The Bertz CT molecular complexity index is 195. The normalized spacial score (nSPS) is 40.0. The van der Waals surface area contributed by atoms with Crippen LogP contribution in [0.4, 0.5) is 0 Å². The van der Waals surface area contributed by atoms with E-state index >= 15 is 0 Å². The molecule has 0 spiro atoms. The molecular formula is C7H12N2O2. The minimum absolute atomic E-state index is 0.0139. The van der Waals surface area contributed by atoms with Gasteiger partial charge >= 0.3 is 0 Å². The summed E-state index contributed by atoms with van der Waals surface area (Å²) >= 11 is 0. The zero-order valence-electron chi connectivity index (χ0n) is 6.78. The van der Waals surface area contributed by atoms with Crippen LogP contribution < -0.4 is 0 Å². The number of hydrogen-bond donors (Lipinski definition) is 0. The monoisotopic (exact) mass is 156 g/mol. The molecule has 0 aromatic heterocycles. The summed E-state index contributed by atoms with van der Waals surface area (Å²) < 4.78 is 0. The van der Waals surface area contributed by atoms with Crippen LogP contribution in [-0.2, 0) is 9.63 Å². The Morgan fingerprint density at radius 2 is 2.27 bits per heavy atom. The maximum absolute atomic E-state index is 11.3. The summed E-state index contributed by atoms with van der Waals surface area (Å²) in [5.41, 5.74) is 0. The van der Waals surface area contributed by atoms with Gasteiger partial charge in [-0.2, -0.15) is 5.06 Å². The molecule has 2 unspecified atom stereocenters. The van der Waals surface area contributed by atoms with E-state index in [1.807, 2.05) is 14.1 Å². The molecule has 62 valence electrons. The minimum Gasteiger partial charge on any atom is -0.297 e. The van der Waals surface area contributed by atoms with Gasteiger partial charge in [0.05, 0.1) is 19.2 Å². The Morgan fingerprint density at radius 1 is 1.55 bits per heavy atom. The molecule has 0 saturated carbocycles. The molecule has 0 radical (unpaired) electrons. The van der Waals surface area contributed by atoms with E-state index in [1.165, 1.54) is 0 Å². The summed E-state index contributed by atoms with van der Waals surface area (Å²) in [6, 6.07) is 0.271. The Labute approximate surface area is 65.7 Å². The number of Topliss-reactive ketones (excluding diaryl/α,β-unsaturated/α-hetero) is 1. The van der Waals surface area contributed by atoms with Crippen molar-refractivity contribution in [2.45, 2.75) is 12.1 Å². The number of carbonyl (C=O) groups is 1. The first-order chi connectivity index (χ1) is 5.20. The SMILES string of the molecule is CN1CC(=O)C2C1CON2C. The van der Waals surface area contributed by atoms with Crippen LogP contribution in [0.5, 0.6) is 0 Å². The lowest BCUT2D eigenvalue weighted by atomic mass is 10.1. The van der Waals surface area contributed by atoms with Crippen LogP contribution >= 0.6 is 0 Å². The van der Waals surface area contributed by atoms with E-state index in [2.05, 4.69) is 4.90 Å². The third kappa shape index (κ3) is 0.903. The van der Waals surface area contributed by atoms with Crippen molar-refractivity contribution in [2.75, 3.05) is 27.2 Å². The summed E-state index contributed by atoms with van der Waals surface area (Å²) in [5.74, 6) is 0.275. The summed E-state index contributed by atoms with van der Waals surface area (Å²) in [6.45, 7) is 1.23. The highest BCUT2D eigenvalue weighted by molar-refractivity contribution is 5.89. The molecule has 2 rings (SSSR count). The molecule has 2 heterocycles. The highest BCUT2D eigenvalue weighted by atomic mass is 16.7. The number of nitrogens with zero attached hydrogens (tertiary/aromatic N) is 2. The maximum Gasteiger partial charge on any atom is 0.167 e. The van der Waals surface area contributed by atoms with Gasteiger partial charge in [-0.3, -0.25) is 14.5 Å². The van der Waals surface area contributed by atoms with E-state index in [9.17, 15) is 4.79 Å². The molecule has 2 saturated heterocycles. The molecular weight excluding hydrogens is 144 g/mol. The van der Waals surface area contributed by atoms with Crippen molar-refractivity contribution in [2.24, 2.45) is 0 Å². The molecule has 2 fully saturated rings. The molecule has 11 heavy (non-hydrogen) atoms. The molecule has 0 aromatic rings. The third-order valence-electron chi connectivity index (χ3n) is 2.51. The van der Waals surface area contributed by atoms with Crippen LogP contribution in [-0.4, -0.2) is 55.1 Å². The van der Waals surface area contributed by atoms with Crippen LogP contribution in [0.15, 0.2) is 0 Å². The van der Waals surface area contributed by atoms with Gasteiger partial charge in [0.2, 0.25) is 0 Å². The van der Waals surface area contributed by atoms with Gasteiger partial charge in [0.1, 0.15) is 6.04 Å². The fourth-order valence-electron chi connectivity index (χ4n) is 1.85. The summed E-state index contributed by atoms with van der Waals surface area (Å²) in [5, 5.41) is 1.68. The van der Waals surface area contributed by atoms with E-state index in [0.717, 1.165) is 0 Å². The van der Waals surface area contributed by atoms with E-state index in [1.54, 1.807) is 5.06 Å². The van der Waals surface area contributed by atoms with Gasteiger partial charge in [0, 0.05) is 7.05 Å². The number of hydrogen-bond acceptors (Lipinski definition) is 4. The van der Waals surface area contributed by atoms with Crippen molar-refractivity contribution in [1.29, 1.82) is 0 Å². The number of likely N-dealkylation sites (tertiary alicyclic amines) is 1. The molecule has 2 aliphatic heterocycles. The minimum atomic E-state index is -0.0139. The van der Waals surface area contributed by atoms with E-state index in [-0.39, 0.29) is 17.9 Å². The first-order valence-electron chi connectivity index (χ1n) is 3.79. The lowest BCUT2D eigenvalue weighted by molar-refractivity contribution is -0.140. The third-order valence-corrected chi connectivity index (χ3v) is 2.51. The second kappa shape index (κ2) is 2.27. The molecule has 0 bridgehead atoms. The van der Waals surface area contributed by atoms with Crippen LogP contribution in [0.25, 0.3) is 0 Å². The lowest BCUT2D eigenvalue weighted by Gasteiger charge is -2.14. The summed E-state index contributed by atoms with van der Waals surface area (Å²) in [7, 11) is 3.78. The molecule has 0 aliphatic carbocycles. The largest absolute Gasteiger partial charge is 0.297 e. The van der Waals surface area contributed by atoms with Gasteiger partial charge in [-0.05, 0) is 7.05 Å². The van der Waals surface area contributed by atoms with Crippen molar-refractivity contribution < 1.29 is 9.63 Å². The molecule has 4 heteroatoms. The topological polar surface area (TPSA) is 32.8 Å². The van der Waals surface area contributed by atoms with E-state index in [4.69, 9.17) is 4.84 Å². The standard InChI is InChI=1S/C7H12N2O2/c1-8-3-6(10)7-5(8)4-11-9(7)2/h5,7H,3-4H2,1-2H3. The molecule has 0 aromatic carbocycles. The first kappa shape index (κ1) is 7.21. The van der Waals surface area contributed by atoms with Crippen LogP contribution in [0.3, 0.4) is 0 Å².